The molecule has 1 aliphatic heterocycles. The minimum absolute atomic E-state index is 0.0460. The zero-order chi connectivity index (χ0) is 17.4. The predicted octanol–water partition coefficient (Wildman–Crippen LogP) is 4.36. The second kappa shape index (κ2) is 6.11. The fraction of sp³-hybridized carbons (Fsp3) is 0.533. The molecule has 4 nitrogen and oxygen atoms in total. The molecule has 0 aliphatic carbocycles. The average Bonchev–Trinajstić information content (AvgIpc) is 2.31. The van der Waals surface area contributed by atoms with E-state index in [0.717, 1.165) is 18.2 Å². The monoisotopic (exact) mass is 351 g/mol. The topological polar surface area (TPSA) is 38.8 Å². The quantitative estimate of drug-likeness (QED) is 0.794. The number of hydrogen-bond acceptors (Lipinski definition) is 3. The van der Waals surface area contributed by atoms with Crippen LogP contribution in [0.4, 0.5) is 18.0 Å². The Morgan fingerprint density at radius 2 is 1.87 bits per heavy atom. The molecule has 0 spiro atoms. The number of likely N-dealkylation sites (tertiary alicyclic amines) is 1. The Bertz CT molecular complexity index is 593. The molecule has 0 aromatic heterocycles. The Balaban J connectivity index is 1.94. The molecule has 0 radical (unpaired) electrons. The summed E-state index contributed by atoms with van der Waals surface area (Å²) in [4.78, 5) is 13.2. The molecule has 0 bridgehead atoms. The fourth-order valence-corrected chi connectivity index (χ4v) is 2.10. The Kier molecular flexibility index (Phi) is 4.71. The Hall–Kier alpha value is -1.63. The van der Waals surface area contributed by atoms with Crippen LogP contribution in [0.1, 0.15) is 26.3 Å². The highest BCUT2D eigenvalue weighted by Gasteiger charge is 2.36. The van der Waals surface area contributed by atoms with E-state index in [4.69, 9.17) is 21.1 Å². The maximum Gasteiger partial charge on any atom is 0.416 e. The van der Waals surface area contributed by atoms with E-state index in [9.17, 15) is 18.0 Å². The van der Waals surface area contributed by atoms with Crippen LogP contribution in [0.25, 0.3) is 0 Å². The average molecular weight is 352 g/mol. The number of alkyl halides is 3. The van der Waals surface area contributed by atoms with Crippen LogP contribution in [-0.2, 0) is 10.9 Å². The van der Waals surface area contributed by atoms with Gasteiger partial charge in [-0.2, -0.15) is 13.2 Å². The number of halogens is 4. The number of benzene rings is 1. The highest BCUT2D eigenvalue weighted by molar-refractivity contribution is 6.32. The maximum atomic E-state index is 12.7. The van der Waals surface area contributed by atoms with Crippen LogP contribution in [0, 0.1) is 0 Å². The van der Waals surface area contributed by atoms with Gasteiger partial charge in [-0.25, -0.2) is 4.79 Å². The van der Waals surface area contributed by atoms with Gasteiger partial charge >= 0.3 is 12.3 Å². The summed E-state index contributed by atoms with van der Waals surface area (Å²) in [5.41, 5.74) is -1.44. The molecule has 1 aliphatic rings. The molecule has 1 saturated heterocycles. The highest BCUT2D eigenvalue weighted by atomic mass is 35.5. The molecule has 1 heterocycles. The number of ether oxygens (including phenoxy) is 2. The van der Waals surface area contributed by atoms with Gasteiger partial charge in [-0.1, -0.05) is 11.6 Å². The van der Waals surface area contributed by atoms with Crippen LogP contribution in [-0.4, -0.2) is 35.8 Å². The molecule has 1 aromatic rings. The predicted molar refractivity (Wildman–Crippen MR) is 78.7 cm³/mol. The smallest absolute Gasteiger partial charge is 0.416 e. The first-order valence-electron chi connectivity index (χ1n) is 6.97. The summed E-state index contributed by atoms with van der Waals surface area (Å²) in [6.45, 7) is 5.73. The molecule has 0 atom stereocenters. The first-order chi connectivity index (χ1) is 10.5. The van der Waals surface area contributed by atoms with E-state index < -0.39 is 29.5 Å². The van der Waals surface area contributed by atoms with E-state index >= 15 is 0 Å². The van der Waals surface area contributed by atoms with Crippen LogP contribution in [0.15, 0.2) is 18.2 Å². The molecule has 23 heavy (non-hydrogen) atoms. The van der Waals surface area contributed by atoms with Gasteiger partial charge in [0.2, 0.25) is 0 Å². The fourth-order valence-electron chi connectivity index (χ4n) is 1.94. The van der Waals surface area contributed by atoms with Crippen LogP contribution in [0.3, 0.4) is 0 Å². The lowest BCUT2D eigenvalue weighted by atomic mass is 10.1. The molecule has 8 heteroatoms. The molecule has 0 saturated carbocycles. The molecule has 1 aromatic carbocycles. The standard InChI is InChI=1S/C15H17ClF3NO3/c1-14(2,3)23-13(21)20-7-10(8-20)22-12-6-9(15(17,18)19)4-5-11(12)16/h4-6,10H,7-8H2,1-3H3. The van der Waals surface area contributed by atoms with Gasteiger partial charge in [-0.3, -0.25) is 0 Å². The summed E-state index contributed by atoms with van der Waals surface area (Å²) in [6.07, 6.45) is -5.36. The van der Waals surface area contributed by atoms with E-state index in [1.807, 2.05) is 0 Å². The van der Waals surface area contributed by atoms with Crippen molar-refractivity contribution >= 4 is 17.7 Å². The van der Waals surface area contributed by atoms with Gasteiger partial charge in [0.1, 0.15) is 17.5 Å². The van der Waals surface area contributed by atoms with Gasteiger partial charge in [0, 0.05) is 0 Å². The third-order valence-electron chi connectivity index (χ3n) is 3.05. The summed E-state index contributed by atoms with van der Waals surface area (Å²) in [7, 11) is 0. The largest absolute Gasteiger partial charge is 0.485 e. The minimum atomic E-state index is -4.47. The number of hydrogen-bond donors (Lipinski definition) is 0. The lowest BCUT2D eigenvalue weighted by molar-refractivity contribution is -0.137. The zero-order valence-electron chi connectivity index (χ0n) is 12.9. The van der Waals surface area contributed by atoms with E-state index in [-0.39, 0.29) is 23.9 Å². The summed E-state index contributed by atoms with van der Waals surface area (Å²) in [5.74, 6) is -0.0460. The minimum Gasteiger partial charge on any atom is -0.485 e. The second-order valence-electron chi connectivity index (χ2n) is 6.27. The van der Waals surface area contributed by atoms with Gasteiger partial charge in [0.05, 0.1) is 23.7 Å². The zero-order valence-corrected chi connectivity index (χ0v) is 13.7. The highest BCUT2D eigenvalue weighted by Crippen LogP contribution is 2.35. The van der Waals surface area contributed by atoms with Crippen molar-refractivity contribution in [2.75, 3.05) is 13.1 Å². The number of carbonyl (C=O) groups excluding carboxylic acids is 1. The maximum absolute atomic E-state index is 12.7. The molecule has 2 rings (SSSR count). The van der Waals surface area contributed by atoms with Crippen molar-refractivity contribution in [3.8, 4) is 5.75 Å². The summed E-state index contributed by atoms with van der Waals surface area (Å²) >= 11 is 5.86. The number of amides is 1. The number of rotatable bonds is 2. The number of carbonyl (C=O) groups is 1. The van der Waals surface area contributed by atoms with Crippen molar-refractivity contribution in [1.82, 2.24) is 4.90 Å². The van der Waals surface area contributed by atoms with Crippen LogP contribution in [0.5, 0.6) is 5.75 Å². The summed E-state index contributed by atoms with van der Waals surface area (Å²) in [6, 6.07) is 2.89. The molecular formula is C15H17ClF3NO3. The lowest BCUT2D eigenvalue weighted by Crippen LogP contribution is -2.57. The van der Waals surface area contributed by atoms with E-state index in [2.05, 4.69) is 0 Å². The van der Waals surface area contributed by atoms with Gasteiger partial charge in [0.15, 0.2) is 0 Å². The van der Waals surface area contributed by atoms with Crippen LogP contribution in [0.2, 0.25) is 5.02 Å². The first kappa shape index (κ1) is 17.7. The number of nitrogens with zero attached hydrogens (tertiary/aromatic N) is 1. The third-order valence-corrected chi connectivity index (χ3v) is 3.36. The Morgan fingerprint density at radius 1 is 1.26 bits per heavy atom. The van der Waals surface area contributed by atoms with Crippen molar-refractivity contribution in [1.29, 1.82) is 0 Å². The van der Waals surface area contributed by atoms with Crippen LogP contribution >= 0.6 is 11.6 Å². The molecule has 1 fully saturated rings. The van der Waals surface area contributed by atoms with Gasteiger partial charge in [-0.05, 0) is 39.0 Å². The first-order valence-corrected chi connectivity index (χ1v) is 7.35. The Labute approximate surface area is 137 Å². The SMILES string of the molecule is CC(C)(C)OC(=O)N1CC(Oc2cc(C(F)(F)F)ccc2Cl)C1. The Morgan fingerprint density at radius 3 is 2.39 bits per heavy atom. The van der Waals surface area contributed by atoms with Crippen LogP contribution < -0.4 is 4.74 Å². The van der Waals surface area contributed by atoms with Gasteiger partial charge in [0.25, 0.3) is 0 Å². The summed E-state index contributed by atoms with van der Waals surface area (Å²) < 4.78 is 48.7. The third kappa shape index (κ3) is 4.67. The normalized spacial score (nSPS) is 16.0. The molecule has 0 N–H and O–H groups in total. The van der Waals surface area contributed by atoms with Crippen molar-refractivity contribution in [2.45, 2.75) is 38.7 Å². The van der Waals surface area contributed by atoms with E-state index in [0.29, 0.717) is 0 Å². The van der Waals surface area contributed by atoms with E-state index in [1.165, 1.54) is 4.90 Å². The van der Waals surface area contributed by atoms with E-state index in [1.54, 1.807) is 20.8 Å². The molecule has 1 amide bonds. The second-order valence-corrected chi connectivity index (χ2v) is 6.68. The molecule has 0 unspecified atom stereocenters. The lowest BCUT2D eigenvalue weighted by Gasteiger charge is -2.39. The van der Waals surface area contributed by atoms with Crippen molar-refractivity contribution in [2.24, 2.45) is 0 Å². The van der Waals surface area contributed by atoms with Gasteiger partial charge < -0.3 is 14.4 Å². The van der Waals surface area contributed by atoms with Crippen molar-refractivity contribution < 1.29 is 27.4 Å². The molecular weight excluding hydrogens is 335 g/mol. The van der Waals surface area contributed by atoms with Crippen molar-refractivity contribution in [3.63, 3.8) is 0 Å². The van der Waals surface area contributed by atoms with Crippen molar-refractivity contribution in [3.05, 3.63) is 28.8 Å². The molecule has 128 valence electrons. The summed E-state index contributed by atoms with van der Waals surface area (Å²) in [5, 5.41) is 0.0914. The van der Waals surface area contributed by atoms with Gasteiger partial charge in [-0.15, -0.1) is 0 Å².